The SMILES string of the molecule is CCOC(=O)C(C)(c1ccc([N+](=O)[O-])c(Cl)c1)c1c(F)c(F)c(C#N)c(F)c1F. The first kappa shape index (κ1) is 22.1. The summed E-state index contributed by atoms with van der Waals surface area (Å²) in [6.07, 6.45) is 0. The van der Waals surface area contributed by atoms with E-state index >= 15 is 0 Å². The van der Waals surface area contributed by atoms with Crippen LogP contribution in [0.25, 0.3) is 0 Å². The molecule has 29 heavy (non-hydrogen) atoms. The average Bonchev–Trinajstić information content (AvgIpc) is 2.66. The van der Waals surface area contributed by atoms with Crippen molar-refractivity contribution in [1.82, 2.24) is 0 Å². The smallest absolute Gasteiger partial charge is 0.321 e. The van der Waals surface area contributed by atoms with Crippen molar-refractivity contribution in [2.45, 2.75) is 19.3 Å². The number of hydrogen-bond donors (Lipinski definition) is 0. The molecule has 2 rings (SSSR count). The minimum atomic E-state index is -2.49. The van der Waals surface area contributed by atoms with Gasteiger partial charge < -0.3 is 4.74 Å². The van der Waals surface area contributed by atoms with Crippen LogP contribution < -0.4 is 0 Å². The van der Waals surface area contributed by atoms with E-state index in [9.17, 15) is 32.5 Å². The standard InChI is InChI=1S/C18H11ClF4N2O4/c1-3-29-17(26)18(2,8-4-5-11(25(27)28)10(19)6-8)12-15(22)13(20)9(7-24)14(21)16(12)23/h4-6H,3H2,1-2H3. The summed E-state index contributed by atoms with van der Waals surface area (Å²) in [5.41, 5.74) is -6.25. The van der Waals surface area contributed by atoms with E-state index in [-0.39, 0.29) is 12.2 Å². The molecule has 0 N–H and O–H groups in total. The second-order valence-electron chi connectivity index (χ2n) is 5.89. The van der Waals surface area contributed by atoms with Crippen molar-refractivity contribution in [1.29, 1.82) is 5.26 Å². The largest absolute Gasteiger partial charge is 0.465 e. The van der Waals surface area contributed by atoms with E-state index in [0.29, 0.717) is 0 Å². The Morgan fingerprint density at radius 2 is 1.79 bits per heavy atom. The Hall–Kier alpha value is -3.19. The lowest BCUT2D eigenvalue weighted by molar-refractivity contribution is -0.384. The highest BCUT2D eigenvalue weighted by Gasteiger charge is 2.46. The van der Waals surface area contributed by atoms with Crippen LogP contribution in [0.15, 0.2) is 18.2 Å². The summed E-state index contributed by atoms with van der Waals surface area (Å²) in [5, 5.41) is 19.2. The van der Waals surface area contributed by atoms with Crippen molar-refractivity contribution < 1.29 is 32.0 Å². The lowest BCUT2D eigenvalue weighted by Crippen LogP contribution is -2.38. The molecule has 0 fully saturated rings. The van der Waals surface area contributed by atoms with Gasteiger partial charge in [0.2, 0.25) is 0 Å². The molecule has 2 aromatic carbocycles. The molecule has 1 atom stereocenters. The zero-order valence-corrected chi connectivity index (χ0v) is 15.6. The molecule has 0 aliphatic rings. The van der Waals surface area contributed by atoms with E-state index in [4.69, 9.17) is 21.6 Å². The van der Waals surface area contributed by atoms with Gasteiger partial charge in [0.05, 0.1) is 17.1 Å². The highest BCUT2D eigenvalue weighted by Crippen LogP contribution is 2.41. The molecule has 0 aliphatic carbocycles. The van der Waals surface area contributed by atoms with Crippen LogP contribution in [-0.2, 0) is 14.9 Å². The molecular formula is C18H11ClF4N2O4. The van der Waals surface area contributed by atoms with Gasteiger partial charge in [0.15, 0.2) is 23.3 Å². The third-order valence-electron chi connectivity index (χ3n) is 4.28. The number of hydrogen-bond acceptors (Lipinski definition) is 5. The molecule has 6 nitrogen and oxygen atoms in total. The van der Waals surface area contributed by atoms with Crippen molar-refractivity contribution in [3.05, 3.63) is 73.3 Å². The fraction of sp³-hybridized carbons (Fsp3) is 0.222. The van der Waals surface area contributed by atoms with E-state index in [1.165, 1.54) is 6.92 Å². The van der Waals surface area contributed by atoms with Crippen LogP contribution in [0.1, 0.15) is 30.5 Å². The molecule has 1 unspecified atom stereocenters. The van der Waals surface area contributed by atoms with Crippen LogP contribution in [0.4, 0.5) is 23.2 Å². The molecule has 0 heterocycles. The van der Waals surface area contributed by atoms with Gasteiger partial charge in [-0.3, -0.25) is 14.9 Å². The maximum absolute atomic E-state index is 14.7. The molecular weight excluding hydrogens is 420 g/mol. The average molecular weight is 431 g/mol. The highest BCUT2D eigenvalue weighted by molar-refractivity contribution is 6.32. The third kappa shape index (κ3) is 3.49. The molecule has 0 saturated heterocycles. The van der Waals surface area contributed by atoms with Crippen molar-refractivity contribution >= 4 is 23.3 Å². The van der Waals surface area contributed by atoms with Gasteiger partial charge in [0.1, 0.15) is 22.1 Å². The second-order valence-corrected chi connectivity index (χ2v) is 6.29. The number of nitrogens with zero attached hydrogens (tertiary/aromatic N) is 2. The number of benzene rings is 2. The third-order valence-corrected chi connectivity index (χ3v) is 4.58. The predicted octanol–water partition coefficient (Wildman–Crippen LogP) is 4.55. The Bertz CT molecular complexity index is 1040. The minimum absolute atomic E-state index is 0.250. The summed E-state index contributed by atoms with van der Waals surface area (Å²) >= 11 is 5.82. The Morgan fingerprint density at radius 1 is 1.24 bits per heavy atom. The Labute approximate surface area is 166 Å². The van der Waals surface area contributed by atoms with Crippen LogP contribution in [0.2, 0.25) is 5.02 Å². The summed E-state index contributed by atoms with van der Waals surface area (Å²) in [6, 6.07) is 3.68. The predicted molar refractivity (Wildman–Crippen MR) is 92.2 cm³/mol. The maximum atomic E-state index is 14.7. The summed E-state index contributed by atoms with van der Waals surface area (Å²) in [4.78, 5) is 22.7. The van der Waals surface area contributed by atoms with Crippen molar-refractivity contribution in [3.8, 4) is 6.07 Å². The normalized spacial score (nSPS) is 12.8. The van der Waals surface area contributed by atoms with Gasteiger partial charge in [0, 0.05) is 6.07 Å². The first-order valence-corrected chi connectivity index (χ1v) is 8.28. The van der Waals surface area contributed by atoms with E-state index in [2.05, 4.69) is 0 Å². The van der Waals surface area contributed by atoms with Crippen LogP contribution in [0.5, 0.6) is 0 Å². The van der Waals surface area contributed by atoms with E-state index in [1.54, 1.807) is 0 Å². The Kier molecular flexibility index (Phi) is 6.13. The van der Waals surface area contributed by atoms with E-state index < -0.39 is 61.4 Å². The fourth-order valence-electron chi connectivity index (χ4n) is 2.77. The fourth-order valence-corrected chi connectivity index (χ4v) is 3.02. The van der Waals surface area contributed by atoms with Gasteiger partial charge in [-0.05, 0) is 25.5 Å². The summed E-state index contributed by atoms with van der Waals surface area (Å²) in [6.45, 7) is 2.04. The highest BCUT2D eigenvalue weighted by atomic mass is 35.5. The van der Waals surface area contributed by atoms with Crippen LogP contribution in [0.3, 0.4) is 0 Å². The topological polar surface area (TPSA) is 93.2 Å². The number of nitro groups is 1. The molecule has 11 heteroatoms. The number of ether oxygens (including phenoxy) is 1. The van der Waals surface area contributed by atoms with Gasteiger partial charge in [-0.2, -0.15) is 5.26 Å². The number of carbonyl (C=O) groups is 1. The quantitative estimate of drug-likeness (QED) is 0.228. The number of esters is 1. The molecule has 0 saturated carbocycles. The van der Waals surface area contributed by atoms with Gasteiger partial charge >= 0.3 is 5.97 Å². The second kappa shape index (κ2) is 8.05. The van der Waals surface area contributed by atoms with Gasteiger partial charge in [-0.15, -0.1) is 0 Å². The van der Waals surface area contributed by atoms with Crippen LogP contribution in [0, 0.1) is 44.7 Å². The molecule has 0 radical (unpaired) electrons. The number of halogens is 5. The number of nitro benzene ring substituents is 1. The van der Waals surface area contributed by atoms with E-state index in [0.717, 1.165) is 31.2 Å². The van der Waals surface area contributed by atoms with E-state index in [1.807, 2.05) is 0 Å². The van der Waals surface area contributed by atoms with Gasteiger partial charge in [0.25, 0.3) is 5.69 Å². The summed E-state index contributed by atoms with van der Waals surface area (Å²) in [5.74, 6) is -9.25. The zero-order valence-electron chi connectivity index (χ0n) is 14.9. The van der Waals surface area contributed by atoms with Crippen LogP contribution in [-0.4, -0.2) is 17.5 Å². The lowest BCUT2D eigenvalue weighted by atomic mass is 9.75. The minimum Gasteiger partial charge on any atom is -0.465 e. The Morgan fingerprint density at radius 3 is 2.21 bits per heavy atom. The first-order chi connectivity index (χ1) is 13.5. The number of nitriles is 1. The summed E-state index contributed by atoms with van der Waals surface area (Å²) < 4.78 is 62.6. The molecule has 0 bridgehead atoms. The molecule has 2 aromatic rings. The molecule has 0 aromatic heterocycles. The number of carbonyl (C=O) groups excluding carboxylic acids is 1. The monoisotopic (exact) mass is 430 g/mol. The van der Waals surface area contributed by atoms with Crippen molar-refractivity contribution in [2.24, 2.45) is 0 Å². The molecule has 0 aliphatic heterocycles. The van der Waals surface area contributed by atoms with Crippen molar-refractivity contribution in [2.75, 3.05) is 6.61 Å². The van der Waals surface area contributed by atoms with Gasteiger partial charge in [-0.25, -0.2) is 17.6 Å². The molecule has 152 valence electrons. The zero-order chi connectivity index (χ0) is 22.1. The maximum Gasteiger partial charge on any atom is 0.321 e. The first-order valence-electron chi connectivity index (χ1n) is 7.90. The summed E-state index contributed by atoms with van der Waals surface area (Å²) in [7, 11) is 0. The van der Waals surface area contributed by atoms with Crippen molar-refractivity contribution in [3.63, 3.8) is 0 Å². The Balaban J connectivity index is 2.94. The molecule has 0 amide bonds. The van der Waals surface area contributed by atoms with Gasteiger partial charge in [-0.1, -0.05) is 17.7 Å². The van der Waals surface area contributed by atoms with Crippen LogP contribution >= 0.6 is 11.6 Å². The molecule has 0 spiro atoms. The lowest BCUT2D eigenvalue weighted by Gasteiger charge is -2.29. The number of rotatable bonds is 5.